The Labute approximate surface area is 312 Å². The predicted molar refractivity (Wildman–Crippen MR) is 204 cm³/mol. The second-order valence-electron chi connectivity index (χ2n) is 13.0. The molecule has 0 unspecified atom stereocenters. The van der Waals surface area contributed by atoms with Crippen molar-refractivity contribution < 1.29 is 29.3 Å². The number of aliphatic hydroxyl groups excluding tert-OH is 1. The van der Waals surface area contributed by atoms with E-state index in [4.69, 9.17) is 9.47 Å². The standard InChI is InChI=1S/C42H42N4O8/c1-29(11-7-18-38(48)43(23-24-47)27-30-12-5-4-6-13-30)42(52)34-26-33(45-22-10-17-37(54-3)40(45)50)19-20-35(34)46(41(42)51)28-31-14-8-15-32(25-31)44-21-9-16-36(53-2)39(44)49/h4-17,19-22,25-26,29,47,52H,18,23-24,27-28H2,1-3H3/b11-7+/t29-,42+/m0/s1. The topological polar surface area (TPSA) is 144 Å². The molecule has 0 radical (unpaired) electrons. The van der Waals surface area contributed by atoms with Gasteiger partial charge in [0.2, 0.25) is 5.91 Å². The highest BCUT2D eigenvalue weighted by atomic mass is 16.5. The van der Waals surface area contributed by atoms with E-state index in [1.165, 1.54) is 28.3 Å². The molecule has 1 aliphatic heterocycles. The molecule has 2 amide bonds. The van der Waals surface area contributed by atoms with Gasteiger partial charge in [0.15, 0.2) is 17.1 Å². The van der Waals surface area contributed by atoms with E-state index in [2.05, 4.69) is 0 Å². The molecule has 1 aliphatic rings. The minimum absolute atomic E-state index is 0.0201. The molecule has 12 nitrogen and oxygen atoms in total. The largest absolute Gasteiger partial charge is 0.491 e. The summed E-state index contributed by atoms with van der Waals surface area (Å²) in [6.07, 6.45) is 6.46. The van der Waals surface area contributed by atoms with E-state index in [9.17, 15) is 29.4 Å². The number of ether oxygens (including phenoxy) is 2. The van der Waals surface area contributed by atoms with Gasteiger partial charge in [-0.25, -0.2) is 0 Å². The molecule has 54 heavy (non-hydrogen) atoms. The summed E-state index contributed by atoms with van der Waals surface area (Å²) in [5.74, 6) is -1.32. The Morgan fingerprint density at radius 3 is 2.07 bits per heavy atom. The molecule has 0 saturated heterocycles. The normalized spacial score (nSPS) is 15.6. The van der Waals surface area contributed by atoms with Crippen molar-refractivity contribution in [2.75, 3.05) is 32.3 Å². The number of anilines is 1. The monoisotopic (exact) mass is 730 g/mol. The van der Waals surface area contributed by atoms with E-state index >= 15 is 0 Å². The van der Waals surface area contributed by atoms with E-state index in [1.807, 2.05) is 36.4 Å². The van der Waals surface area contributed by atoms with Gasteiger partial charge in [0.1, 0.15) is 0 Å². The molecule has 0 spiro atoms. The van der Waals surface area contributed by atoms with E-state index in [1.54, 1.807) is 97.0 Å². The van der Waals surface area contributed by atoms with Crippen molar-refractivity contribution in [3.8, 4) is 22.9 Å². The Kier molecular flexibility index (Phi) is 11.2. The maximum Gasteiger partial charge on any atom is 0.297 e. The summed E-state index contributed by atoms with van der Waals surface area (Å²) in [6, 6.07) is 28.1. The molecular formula is C42H42N4O8. The Bertz CT molecular complexity index is 2300. The molecule has 2 atom stereocenters. The fraction of sp³-hybridized carbons (Fsp3) is 0.238. The summed E-state index contributed by atoms with van der Waals surface area (Å²) in [7, 11) is 2.83. The molecule has 0 saturated carbocycles. The number of carbonyl (C=O) groups is 2. The zero-order valence-corrected chi connectivity index (χ0v) is 30.3. The van der Waals surface area contributed by atoms with Gasteiger partial charge < -0.3 is 29.5 Å². The van der Waals surface area contributed by atoms with Crippen molar-refractivity contribution in [3.63, 3.8) is 0 Å². The minimum Gasteiger partial charge on any atom is -0.491 e. The third kappa shape index (κ3) is 7.34. The Balaban J connectivity index is 1.34. The number of aliphatic hydroxyl groups is 2. The first-order valence-electron chi connectivity index (χ1n) is 17.5. The first-order chi connectivity index (χ1) is 26.1. The highest BCUT2D eigenvalue weighted by molar-refractivity contribution is 6.07. The molecule has 0 bridgehead atoms. The second-order valence-corrected chi connectivity index (χ2v) is 13.0. The van der Waals surface area contributed by atoms with Crippen LogP contribution in [0, 0.1) is 5.92 Å². The molecule has 3 heterocycles. The van der Waals surface area contributed by atoms with Crippen LogP contribution in [0.3, 0.4) is 0 Å². The number of carbonyl (C=O) groups excluding carboxylic acids is 2. The first-order valence-corrected chi connectivity index (χ1v) is 17.5. The zero-order chi connectivity index (χ0) is 38.4. The van der Waals surface area contributed by atoms with Crippen molar-refractivity contribution in [1.29, 1.82) is 0 Å². The van der Waals surface area contributed by atoms with Crippen LogP contribution in [-0.4, -0.2) is 63.4 Å². The number of rotatable bonds is 14. The summed E-state index contributed by atoms with van der Waals surface area (Å²) in [6.45, 7) is 2.04. The first kappa shape index (κ1) is 37.5. The van der Waals surface area contributed by atoms with Gasteiger partial charge in [0.25, 0.3) is 17.0 Å². The van der Waals surface area contributed by atoms with Crippen LogP contribution in [0.15, 0.2) is 131 Å². The van der Waals surface area contributed by atoms with E-state index in [0.29, 0.717) is 29.2 Å². The molecule has 2 aromatic heterocycles. The number of methoxy groups -OCH3 is 2. The number of amides is 2. The quantitative estimate of drug-likeness (QED) is 0.161. The fourth-order valence-corrected chi connectivity index (χ4v) is 6.75. The van der Waals surface area contributed by atoms with Gasteiger partial charge in [-0.1, -0.05) is 61.5 Å². The van der Waals surface area contributed by atoms with Gasteiger partial charge in [-0.3, -0.25) is 28.3 Å². The van der Waals surface area contributed by atoms with Gasteiger partial charge in [0, 0.05) is 54.8 Å². The molecular weight excluding hydrogens is 688 g/mol. The lowest BCUT2D eigenvalue weighted by Gasteiger charge is -2.28. The van der Waals surface area contributed by atoms with Crippen LogP contribution in [0.1, 0.15) is 30.0 Å². The number of hydrogen-bond donors (Lipinski definition) is 2. The van der Waals surface area contributed by atoms with Crippen LogP contribution < -0.4 is 25.5 Å². The van der Waals surface area contributed by atoms with Crippen molar-refractivity contribution in [3.05, 3.63) is 159 Å². The second kappa shape index (κ2) is 16.2. The van der Waals surface area contributed by atoms with Gasteiger partial charge in [0.05, 0.1) is 33.1 Å². The highest BCUT2D eigenvalue weighted by Crippen LogP contribution is 2.46. The SMILES string of the molecule is COc1cccn(-c2cccc(CN3C(=O)[C@@](O)([C@@H](C)/C=C/CC(=O)N(CCO)Cc4ccccc4)c4cc(-n5cccc(OC)c5=O)ccc43)c2)c1=O. The van der Waals surface area contributed by atoms with Crippen molar-refractivity contribution in [2.45, 2.75) is 32.0 Å². The number of benzene rings is 3. The van der Waals surface area contributed by atoms with E-state index in [0.717, 1.165) is 5.56 Å². The summed E-state index contributed by atoms with van der Waals surface area (Å²) >= 11 is 0. The lowest BCUT2D eigenvalue weighted by molar-refractivity contribution is -0.139. The average molecular weight is 731 g/mol. The van der Waals surface area contributed by atoms with Crippen molar-refractivity contribution >= 4 is 17.5 Å². The van der Waals surface area contributed by atoms with Crippen LogP contribution in [0.4, 0.5) is 5.69 Å². The molecule has 3 aromatic carbocycles. The number of nitrogens with zero attached hydrogens (tertiary/aromatic N) is 4. The van der Waals surface area contributed by atoms with Crippen LogP contribution in [0.25, 0.3) is 11.4 Å². The number of pyridine rings is 2. The summed E-state index contributed by atoms with van der Waals surface area (Å²) in [5, 5.41) is 22.1. The lowest BCUT2D eigenvalue weighted by Crippen LogP contribution is -2.44. The molecule has 12 heteroatoms. The molecule has 2 N–H and O–H groups in total. The Hall–Kier alpha value is -6.24. The highest BCUT2D eigenvalue weighted by Gasteiger charge is 2.52. The van der Waals surface area contributed by atoms with Crippen LogP contribution >= 0.6 is 0 Å². The Morgan fingerprint density at radius 1 is 0.815 bits per heavy atom. The molecule has 0 fully saturated rings. The van der Waals surface area contributed by atoms with Crippen LogP contribution in [0.2, 0.25) is 0 Å². The fourth-order valence-electron chi connectivity index (χ4n) is 6.75. The maximum absolute atomic E-state index is 14.5. The molecule has 5 aromatic rings. The van der Waals surface area contributed by atoms with Gasteiger partial charge >= 0.3 is 0 Å². The minimum atomic E-state index is -2.08. The average Bonchev–Trinajstić information content (AvgIpc) is 3.40. The maximum atomic E-state index is 14.5. The smallest absolute Gasteiger partial charge is 0.297 e. The Morgan fingerprint density at radius 2 is 1.44 bits per heavy atom. The third-order valence-corrected chi connectivity index (χ3v) is 9.64. The van der Waals surface area contributed by atoms with Gasteiger partial charge in [-0.2, -0.15) is 0 Å². The third-order valence-electron chi connectivity index (χ3n) is 9.64. The summed E-state index contributed by atoms with van der Waals surface area (Å²) in [5.41, 5.74) is 0.488. The van der Waals surface area contributed by atoms with Crippen LogP contribution in [0.5, 0.6) is 11.5 Å². The van der Waals surface area contributed by atoms with Crippen molar-refractivity contribution in [2.24, 2.45) is 5.92 Å². The molecule has 6 rings (SSSR count). The zero-order valence-electron chi connectivity index (χ0n) is 30.3. The van der Waals surface area contributed by atoms with E-state index < -0.39 is 23.0 Å². The molecule has 0 aliphatic carbocycles. The summed E-state index contributed by atoms with van der Waals surface area (Å²) in [4.78, 5) is 57.0. The van der Waals surface area contributed by atoms with Crippen molar-refractivity contribution in [1.82, 2.24) is 14.0 Å². The lowest BCUT2D eigenvalue weighted by atomic mass is 9.82. The number of fused-ring (bicyclic) bond motifs is 1. The predicted octanol–water partition coefficient (Wildman–Crippen LogP) is 4.34. The van der Waals surface area contributed by atoms with E-state index in [-0.39, 0.29) is 54.6 Å². The summed E-state index contributed by atoms with van der Waals surface area (Å²) < 4.78 is 13.3. The van der Waals surface area contributed by atoms with Crippen LogP contribution in [-0.2, 0) is 28.3 Å². The van der Waals surface area contributed by atoms with Gasteiger partial charge in [-0.15, -0.1) is 0 Å². The number of hydrogen-bond acceptors (Lipinski definition) is 8. The van der Waals surface area contributed by atoms with Gasteiger partial charge in [-0.05, 0) is 65.7 Å². The number of aromatic nitrogens is 2. The molecule has 278 valence electrons.